The van der Waals surface area contributed by atoms with Gasteiger partial charge < -0.3 is 14.8 Å². The van der Waals surface area contributed by atoms with Crippen LogP contribution in [0.3, 0.4) is 0 Å². The van der Waals surface area contributed by atoms with E-state index in [-0.39, 0.29) is 42.2 Å². The Morgan fingerprint density at radius 3 is 2.22 bits per heavy atom. The zero-order valence-electron chi connectivity index (χ0n) is 11.9. The predicted octanol–water partition coefficient (Wildman–Crippen LogP) is 3.42. The fourth-order valence-electron chi connectivity index (χ4n) is 2.66. The lowest BCUT2D eigenvalue weighted by Gasteiger charge is -2.36. The van der Waals surface area contributed by atoms with Gasteiger partial charge >= 0.3 is 6.18 Å². The number of benzene rings is 1. The van der Waals surface area contributed by atoms with Gasteiger partial charge in [-0.1, -0.05) is 11.6 Å². The minimum Gasteiger partial charge on any atom is -0.454 e. The van der Waals surface area contributed by atoms with Crippen LogP contribution in [0.2, 0.25) is 5.02 Å². The third kappa shape index (κ3) is 4.28. The Bertz CT molecular complexity index is 540. The van der Waals surface area contributed by atoms with Crippen LogP contribution < -0.4 is 14.8 Å². The lowest BCUT2D eigenvalue weighted by Crippen LogP contribution is -2.49. The van der Waals surface area contributed by atoms with Crippen LogP contribution in [0.25, 0.3) is 0 Å². The molecule has 132 valence electrons. The van der Waals surface area contributed by atoms with Gasteiger partial charge in [0.2, 0.25) is 6.79 Å². The van der Waals surface area contributed by atoms with Crippen molar-refractivity contribution in [3.8, 4) is 11.5 Å². The van der Waals surface area contributed by atoms with Crippen LogP contribution in [0.15, 0.2) is 12.1 Å². The van der Waals surface area contributed by atoms with E-state index in [1.54, 1.807) is 0 Å². The van der Waals surface area contributed by atoms with Crippen LogP contribution in [-0.4, -0.2) is 44.0 Å². The number of rotatable bonds is 2. The van der Waals surface area contributed by atoms with Crippen molar-refractivity contribution < 1.29 is 22.6 Å². The Kier molecular flexibility index (Phi) is 7.10. The van der Waals surface area contributed by atoms with Gasteiger partial charge in [-0.2, -0.15) is 13.2 Å². The van der Waals surface area contributed by atoms with Crippen molar-refractivity contribution >= 4 is 36.4 Å². The monoisotopic (exact) mass is 394 g/mol. The van der Waals surface area contributed by atoms with E-state index in [0.29, 0.717) is 37.7 Å². The molecule has 23 heavy (non-hydrogen) atoms. The van der Waals surface area contributed by atoms with Gasteiger partial charge in [-0.3, -0.25) is 4.90 Å². The number of fused-ring (bicyclic) bond motifs is 1. The number of hydrogen-bond acceptors (Lipinski definition) is 4. The third-order valence-corrected chi connectivity index (χ3v) is 3.94. The lowest BCUT2D eigenvalue weighted by atomic mass is 10.0. The Labute approximate surface area is 149 Å². The van der Waals surface area contributed by atoms with Gasteiger partial charge in [0.1, 0.15) is 6.04 Å². The maximum Gasteiger partial charge on any atom is 0.408 e. The maximum atomic E-state index is 13.5. The molecule has 2 heterocycles. The standard InChI is InChI=1S/C13H14ClF3N2O2.2ClH/c14-9-6-11-10(20-7-21-11)5-8(9)12(13(15,16)17)19-3-1-18-2-4-19;;/h5-6,12,18H,1-4,7H2;2*1H/t12-;;/m0../s1. The second kappa shape index (κ2) is 7.98. The van der Waals surface area contributed by atoms with E-state index in [1.807, 2.05) is 0 Å². The molecule has 2 aliphatic heterocycles. The molecule has 0 amide bonds. The Hall–Kier alpha value is -0.600. The highest BCUT2D eigenvalue weighted by Gasteiger charge is 2.46. The van der Waals surface area contributed by atoms with Crippen molar-refractivity contribution in [3.63, 3.8) is 0 Å². The summed E-state index contributed by atoms with van der Waals surface area (Å²) < 4.78 is 50.9. The molecule has 0 unspecified atom stereocenters. The van der Waals surface area contributed by atoms with Crippen LogP contribution in [0.5, 0.6) is 11.5 Å². The van der Waals surface area contributed by atoms with E-state index in [0.717, 1.165) is 0 Å². The largest absolute Gasteiger partial charge is 0.454 e. The number of halogens is 6. The van der Waals surface area contributed by atoms with Crippen molar-refractivity contribution in [3.05, 3.63) is 22.7 Å². The third-order valence-electron chi connectivity index (χ3n) is 3.61. The Morgan fingerprint density at radius 2 is 1.65 bits per heavy atom. The van der Waals surface area contributed by atoms with Crippen molar-refractivity contribution in [2.45, 2.75) is 12.2 Å². The van der Waals surface area contributed by atoms with Gasteiger partial charge in [0.05, 0.1) is 0 Å². The van der Waals surface area contributed by atoms with Gasteiger partial charge in [-0.05, 0) is 6.07 Å². The summed E-state index contributed by atoms with van der Waals surface area (Å²) in [6, 6.07) is 0.993. The SMILES string of the molecule is Cl.Cl.FC(F)(F)[C@H](c1cc2c(cc1Cl)OCO2)N1CCNCC1. The highest BCUT2D eigenvalue weighted by Crippen LogP contribution is 2.45. The zero-order chi connectivity index (χ0) is 15.0. The first-order valence-electron chi connectivity index (χ1n) is 6.57. The normalized spacial score (nSPS) is 18.8. The molecule has 1 saturated heterocycles. The lowest BCUT2D eigenvalue weighted by molar-refractivity contribution is -0.187. The van der Waals surface area contributed by atoms with Crippen LogP contribution in [0, 0.1) is 0 Å². The van der Waals surface area contributed by atoms with Gasteiger partial charge in [0.15, 0.2) is 11.5 Å². The molecular formula is C13H16Cl3F3N2O2. The molecule has 1 aromatic rings. The molecule has 10 heteroatoms. The molecule has 1 N–H and O–H groups in total. The molecule has 0 bridgehead atoms. The minimum absolute atomic E-state index is 0. The fourth-order valence-corrected chi connectivity index (χ4v) is 2.92. The van der Waals surface area contributed by atoms with Crippen LogP contribution in [0.1, 0.15) is 11.6 Å². The van der Waals surface area contributed by atoms with Crippen molar-refractivity contribution in [2.75, 3.05) is 33.0 Å². The van der Waals surface area contributed by atoms with Crippen molar-refractivity contribution in [1.29, 1.82) is 0 Å². The Morgan fingerprint density at radius 1 is 1.09 bits per heavy atom. The molecule has 3 rings (SSSR count). The first-order valence-corrected chi connectivity index (χ1v) is 6.95. The van der Waals surface area contributed by atoms with E-state index in [2.05, 4.69) is 5.32 Å². The van der Waals surface area contributed by atoms with Gasteiger partial charge in [-0.25, -0.2) is 0 Å². The first-order chi connectivity index (χ1) is 9.97. The molecule has 0 aliphatic carbocycles. The number of nitrogens with one attached hydrogen (secondary N) is 1. The summed E-state index contributed by atoms with van der Waals surface area (Å²) in [4.78, 5) is 1.39. The molecule has 1 atom stereocenters. The summed E-state index contributed by atoms with van der Waals surface area (Å²) in [6.45, 7) is 1.67. The first kappa shape index (κ1) is 20.4. The second-order valence-corrected chi connectivity index (χ2v) is 5.36. The van der Waals surface area contributed by atoms with E-state index in [1.165, 1.54) is 17.0 Å². The average Bonchev–Trinajstić information content (AvgIpc) is 2.86. The summed E-state index contributed by atoms with van der Waals surface area (Å²) in [5, 5.41) is 3.08. The van der Waals surface area contributed by atoms with Crippen LogP contribution in [0.4, 0.5) is 13.2 Å². The number of alkyl halides is 3. The molecule has 0 saturated carbocycles. The van der Waals surface area contributed by atoms with Crippen molar-refractivity contribution in [1.82, 2.24) is 10.2 Å². The molecular weight excluding hydrogens is 380 g/mol. The number of ether oxygens (including phenoxy) is 2. The molecule has 2 aliphatic rings. The summed E-state index contributed by atoms with van der Waals surface area (Å²) in [5.74, 6) is 0.684. The Balaban J connectivity index is 0.00000132. The smallest absolute Gasteiger partial charge is 0.408 e. The molecule has 4 nitrogen and oxygen atoms in total. The van der Waals surface area contributed by atoms with E-state index >= 15 is 0 Å². The fraction of sp³-hybridized carbons (Fsp3) is 0.538. The summed E-state index contributed by atoms with van der Waals surface area (Å²) >= 11 is 6.05. The summed E-state index contributed by atoms with van der Waals surface area (Å²) in [7, 11) is 0. The summed E-state index contributed by atoms with van der Waals surface area (Å²) in [5.41, 5.74) is 0.00955. The molecule has 0 spiro atoms. The average molecular weight is 396 g/mol. The zero-order valence-corrected chi connectivity index (χ0v) is 14.2. The predicted molar refractivity (Wildman–Crippen MR) is 85.3 cm³/mol. The molecule has 1 fully saturated rings. The van der Waals surface area contributed by atoms with Crippen molar-refractivity contribution in [2.24, 2.45) is 0 Å². The highest BCUT2D eigenvalue weighted by atomic mass is 35.5. The van der Waals surface area contributed by atoms with Gasteiger partial charge in [-0.15, -0.1) is 24.8 Å². The van der Waals surface area contributed by atoms with E-state index in [9.17, 15) is 13.2 Å². The quantitative estimate of drug-likeness (QED) is 0.832. The van der Waals surface area contributed by atoms with Gasteiger partial charge in [0.25, 0.3) is 0 Å². The number of nitrogens with zero attached hydrogens (tertiary/aromatic N) is 1. The van der Waals surface area contributed by atoms with Crippen LogP contribution in [-0.2, 0) is 0 Å². The summed E-state index contributed by atoms with van der Waals surface area (Å²) in [6.07, 6.45) is -4.41. The highest BCUT2D eigenvalue weighted by molar-refractivity contribution is 6.31. The van der Waals surface area contributed by atoms with Gasteiger partial charge in [0, 0.05) is 42.8 Å². The number of piperazine rings is 1. The topological polar surface area (TPSA) is 33.7 Å². The maximum absolute atomic E-state index is 13.5. The minimum atomic E-state index is -4.41. The van der Waals surface area contributed by atoms with E-state index in [4.69, 9.17) is 21.1 Å². The van der Waals surface area contributed by atoms with Crippen LogP contribution >= 0.6 is 36.4 Å². The van der Waals surface area contributed by atoms with E-state index < -0.39 is 12.2 Å². The molecule has 0 radical (unpaired) electrons. The second-order valence-electron chi connectivity index (χ2n) is 4.96. The molecule has 0 aromatic heterocycles. The molecule has 1 aromatic carbocycles. The number of hydrogen-bond donors (Lipinski definition) is 1.